The van der Waals surface area contributed by atoms with Gasteiger partial charge in [0, 0.05) is 6.04 Å². The van der Waals surface area contributed by atoms with Crippen LogP contribution >= 0.6 is 11.3 Å². The second kappa shape index (κ2) is 4.29. The molecule has 5 heteroatoms. The van der Waals surface area contributed by atoms with Gasteiger partial charge in [0.25, 0.3) is 0 Å². The Morgan fingerprint density at radius 2 is 2.18 bits per heavy atom. The van der Waals surface area contributed by atoms with Crippen LogP contribution in [0, 0.1) is 6.92 Å². The zero-order valence-corrected chi connectivity index (χ0v) is 10.8. The Bertz CT molecular complexity index is 439. The van der Waals surface area contributed by atoms with Crippen molar-refractivity contribution in [2.24, 2.45) is 0 Å². The fraction of sp³-hybridized carbons (Fsp3) is 0.667. The summed E-state index contributed by atoms with van der Waals surface area (Å²) in [6.07, 6.45) is 5.46. The maximum Gasteiger partial charge on any atom is 0.315 e. The van der Waals surface area contributed by atoms with E-state index >= 15 is 0 Å². The van der Waals surface area contributed by atoms with Crippen LogP contribution in [0.4, 0.5) is 4.79 Å². The highest BCUT2D eigenvalue weighted by atomic mass is 32.1. The number of carbonyl (C=O) groups is 1. The number of aromatic nitrogens is 1. The van der Waals surface area contributed by atoms with Crippen LogP contribution in [0.2, 0.25) is 0 Å². The molecule has 0 aliphatic heterocycles. The van der Waals surface area contributed by atoms with Gasteiger partial charge in [-0.25, -0.2) is 9.78 Å². The number of nitrogens with one attached hydrogen (secondary N) is 2. The molecule has 2 N–H and O–H groups in total. The van der Waals surface area contributed by atoms with Crippen molar-refractivity contribution in [2.45, 2.75) is 51.1 Å². The zero-order valence-electron chi connectivity index (χ0n) is 9.95. The molecule has 92 valence electrons. The molecule has 1 unspecified atom stereocenters. The molecule has 1 aromatic heterocycles. The molecular formula is C12H17N3OS. The van der Waals surface area contributed by atoms with Gasteiger partial charge in [0.2, 0.25) is 0 Å². The van der Waals surface area contributed by atoms with Gasteiger partial charge >= 0.3 is 6.03 Å². The van der Waals surface area contributed by atoms with Crippen molar-refractivity contribution in [3.8, 4) is 0 Å². The molecule has 2 amide bonds. The van der Waals surface area contributed by atoms with Gasteiger partial charge in [-0.3, -0.25) is 0 Å². The molecule has 2 aliphatic carbocycles. The van der Waals surface area contributed by atoms with Crippen molar-refractivity contribution >= 4 is 17.4 Å². The molecule has 0 spiro atoms. The third kappa shape index (κ3) is 2.44. The first kappa shape index (κ1) is 11.0. The van der Waals surface area contributed by atoms with Crippen molar-refractivity contribution < 1.29 is 4.79 Å². The lowest BCUT2D eigenvalue weighted by Crippen LogP contribution is -2.39. The summed E-state index contributed by atoms with van der Waals surface area (Å²) in [6, 6.07) is 0.571. The minimum Gasteiger partial charge on any atom is -0.335 e. The Kier molecular flexibility index (Phi) is 2.78. The molecule has 2 aliphatic rings. The summed E-state index contributed by atoms with van der Waals surface area (Å²) >= 11 is 1.72. The van der Waals surface area contributed by atoms with Crippen LogP contribution in [0.25, 0.3) is 0 Å². The third-order valence-corrected chi connectivity index (χ3v) is 4.40. The summed E-state index contributed by atoms with van der Waals surface area (Å²) in [7, 11) is 0. The van der Waals surface area contributed by atoms with Gasteiger partial charge in [-0.2, -0.15) is 0 Å². The van der Waals surface area contributed by atoms with Gasteiger partial charge in [-0.15, -0.1) is 11.3 Å². The fourth-order valence-corrected chi connectivity index (χ4v) is 3.35. The normalized spacial score (nSPS) is 23.0. The summed E-state index contributed by atoms with van der Waals surface area (Å²) in [5.41, 5.74) is 1.19. The Hall–Kier alpha value is -1.10. The molecule has 0 saturated heterocycles. The summed E-state index contributed by atoms with van der Waals surface area (Å²) in [6.45, 7) is 2.03. The minimum absolute atomic E-state index is 0.0172. The number of hydrogen-bond donors (Lipinski definition) is 2. The molecule has 1 heterocycles. The lowest BCUT2D eigenvalue weighted by Gasteiger charge is -2.22. The molecule has 3 rings (SSSR count). The average Bonchev–Trinajstić information content (AvgIpc) is 2.98. The predicted octanol–water partition coefficient (Wildman–Crippen LogP) is 2.29. The summed E-state index contributed by atoms with van der Waals surface area (Å²) < 4.78 is 0. The lowest BCUT2D eigenvalue weighted by atomic mass is 9.98. The number of amides is 2. The molecule has 1 aromatic rings. The number of rotatable bonds is 2. The molecule has 0 bridgehead atoms. The number of aryl methyl sites for hydroxylation is 2. The average molecular weight is 251 g/mol. The Balaban J connectivity index is 1.68. The first-order chi connectivity index (χ1) is 8.22. The monoisotopic (exact) mass is 251 g/mol. The van der Waals surface area contributed by atoms with E-state index in [9.17, 15) is 4.79 Å². The van der Waals surface area contributed by atoms with Crippen LogP contribution in [-0.4, -0.2) is 17.1 Å². The number of nitrogens with zero attached hydrogens (tertiary/aromatic N) is 1. The van der Waals surface area contributed by atoms with E-state index in [4.69, 9.17) is 0 Å². The van der Waals surface area contributed by atoms with Crippen LogP contribution in [0.1, 0.15) is 47.3 Å². The van der Waals surface area contributed by atoms with Gasteiger partial charge in [0.1, 0.15) is 0 Å². The molecular weight excluding hydrogens is 234 g/mol. The second-order valence-corrected chi connectivity index (χ2v) is 6.12. The van der Waals surface area contributed by atoms with Crippen LogP contribution < -0.4 is 10.6 Å². The highest BCUT2D eigenvalue weighted by Crippen LogP contribution is 2.33. The van der Waals surface area contributed by atoms with Crippen LogP contribution in [0.5, 0.6) is 0 Å². The summed E-state index contributed by atoms with van der Waals surface area (Å²) in [5, 5.41) is 7.16. The first-order valence-corrected chi connectivity index (χ1v) is 7.07. The topological polar surface area (TPSA) is 54.0 Å². The lowest BCUT2D eigenvalue weighted by molar-refractivity contribution is 0.235. The summed E-state index contributed by atoms with van der Waals surface area (Å²) in [5.74, 6) is 0. The van der Waals surface area contributed by atoms with E-state index in [2.05, 4.69) is 15.6 Å². The van der Waals surface area contributed by atoms with E-state index in [-0.39, 0.29) is 12.1 Å². The van der Waals surface area contributed by atoms with Gasteiger partial charge in [0.15, 0.2) is 0 Å². The van der Waals surface area contributed by atoms with Crippen molar-refractivity contribution in [1.82, 2.24) is 15.6 Å². The van der Waals surface area contributed by atoms with Gasteiger partial charge in [-0.05, 0) is 39.0 Å². The molecule has 0 radical (unpaired) electrons. The van der Waals surface area contributed by atoms with Crippen molar-refractivity contribution in [1.29, 1.82) is 0 Å². The quantitative estimate of drug-likeness (QED) is 0.847. The van der Waals surface area contributed by atoms with Crippen LogP contribution in [0.3, 0.4) is 0 Å². The Morgan fingerprint density at radius 3 is 2.94 bits per heavy atom. The van der Waals surface area contributed by atoms with Crippen molar-refractivity contribution in [3.05, 3.63) is 15.6 Å². The molecule has 0 aromatic carbocycles. The second-order valence-electron chi connectivity index (χ2n) is 4.88. The number of carbonyl (C=O) groups excluding carboxylic acids is 1. The zero-order chi connectivity index (χ0) is 11.8. The molecule has 1 atom stereocenters. The van der Waals surface area contributed by atoms with E-state index in [1.807, 2.05) is 6.92 Å². The highest BCUT2D eigenvalue weighted by molar-refractivity contribution is 7.11. The van der Waals surface area contributed by atoms with E-state index in [1.54, 1.807) is 11.3 Å². The number of hydrogen-bond acceptors (Lipinski definition) is 3. The largest absolute Gasteiger partial charge is 0.335 e. The van der Waals surface area contributed by atoms with Gasteiger partial charge in [-0.1, -0.05) is 0 Å². The summed E-state index contributed by atoms with van der Waals surface area (Å²) in [4.78, 5) is 17.5. The smallest absolute Gasteiger partial charge is 0.315 e. The Labute approximate surface area is 105 Å². The van der Waals surface area contributed by atoms with Gasteiger partial charge in [0.05, 0.1) is 21.6 Å². The van der Waals surface area contributed by atoms with E-state index in [0.717, 1.165) is 37.1 Å². The minimum atomic E-state index is -0.0172. The van der Waals surface area contributed by atoms with E-state index in [0.29, 0.717) is 6.04 Å². The Morgan fingerprint density at radius 1 is 1.35 bits per heavy atom. The van der Waals surface area contributed by atoms with Crippen molar-refractivity contribution in [2.75, 3.05) is 0 Å². The van der Waals surface area contributed by atoms with E-state index in [1.165, 1.54) is 10.6 Å². The molecule has 4 nitrogen and oxygen atoms in total. The first-order valence-electron chi connectivity index (χ1n) is 6.25. The SMILES string of the molecule is Cc1nc2c(s1)C(NC(=O)NC1CC1)CCC2. The molecule has 1 saturated carbocycles. The number of thiazole rings is 1. The predicted molar refractivity (Wildman–Crippen MR) is 67.2 cm³/mol. The van der Waals surface area contributed by atoms with Crippen LogP contribution in [-0.2, 0) is 6.42 Å². The third-order valence-electron chi connectivity index (χ3n) is 3.28. The maximum absolute atomic E-state index is 11.7. The van der Waals surface area contributed by atoms with E-state index < -0.39 is 0 Å². The standard InChI is InChI=1S/C12H17N3OS/c1-7-13-9-3-2-4-10(11(9)17-7)15-12(16)14-8-5-6-8/h8,10H,2-6H2,1H3,(H2,14,15,16). The van der Waals surface area contributed by atoms with Crippen LogP contribution in [0.15, 0.2) is 0 Å². The molecule has 17 heavy (non-hydrogen) atoms. The number of urea groups is 1. The maximum atomic E-state index is 11.7. The highest BCUT2D eigenvalue weighted by Gasteiger charge is 2.28. The fourth-order valence-electron chi connectivity index (χ4n) is 2.29. The number of fused-ring (bicyclic) bond motifs is 1. The molecule has 1 fully saturated rings. The van der Waals surface area contributed by atoms with Crippen molar-refractivity contribution in [3.63, 3.8) is 0 Å². The van der Waals surface area contributed by atoms with Gasteiger partial charge < -0.3 is 10.6 Å².